The molecule has 20 heavy (non-hydrogen) atoms. The number of benzene rings is 2. The molecule has 1 aromatic heterocycles. The largest absolute Gasteiger partial charge is 0.454 e. The van der Waals surface area contributed by atoms with Crippen molar-refractivity contribution in [2.45, 2.75) is 0 Å². The fraction of sp³-hybridized carbons (Fsp3) is 0.0714. The Morgan fingerprint density at radius 3 is 2.85 bits per heavy atom. The number of hydrogen-bond acceptors (Lipinski definition) is 4. The minimum absolute atomic E-state index is 0.256. The molecule has 4 rings (SSSR count). The Labute approximate surface area is 123 Å². The molecule has 0 spiro atoms. The monoisotopic (exact) mass is 331 g/mol. The van der Waals surface area contributed by atoms with Gasteiger partial charge in [-0.2, -0.15) is 0 Å². The van der Waals surface area contributed by atoms with Crippen molar-refractivity contribution in [2.24, 2.45) is 0 Å². The smallest absolute Gasteiger partial charge is 0.231 e. The molecule has 2 N–H and O–H groups in total. The molecule has 5 nitrogen and oxygen atoms in total. The highest BCUT2D eigenvalue weighted by Gasteiger charge is 2.16. The number of rotatable bonds is 1. The van der Waals surface area contributed by atoms with E-state index in [4.69, 9.17) is 15.2 Å². The van der Waals surface area contributed by atoms with Crippen molar-refractivity contribution in [3.63, 3.8) is 0 Å². The zero-order chi connectivity index (χ0) is 13.7. The third kappa shape index (κ3) is 1.65. The van der Waals surface area contributed by atoms with E-state index in [2.05, 4.69) is 20.9 Å². The highest BCUT2D eigenvalue weighted by Crippen LogP contribution is 2.35. The van der Waals surface area contributed by atoms with Crippen LogP contribution in [0.4, 0.5) is 5.95 Å². The van der Waals surface area contributed by atoms with Crippen LogP contribution >= 0.6 is 15.9 Å². The average molecular weight is 332 g/mol. The quantitative estimate of drug-likeness (QED) is 0.744. The minimum atomic E-state index is 0.256. The normalized spacial score (nSPS) is 13.1. The SMILES string of the molecule is Nc1nc2cc(Br)ccc2n1-c1ccc2c(c1)OCO2. The second-order valence-electron chi connectivity index (χ2n) is 4.48. The van der Waals surface area contributed by atoms with Gasteiger partial charge in [0.05, 0.1) is 16.7 Å². The second-order valence-corrected chi connectivity index (χ2v) is 5.39. The van der Waals surface area contributed by atoms with Crippen molar-refractivity contribution in [2.75, 3.05) is 12.5 Å². The third-order valence-corrected chi connectivity index (χ3v) is 3.75. The lowest BCUT2D eigenvalue weighted by Gasteiger charge is -2.07. The van der Waals surface area contributed by atoms with E-state index in [9.17, 15) is 0 Å². The van der Waals surface area contributed by atoms with Crippen molar-refractivity contribution in [3.05, 3.63) is 40.9 Å². The number of imidazole rings is 1. The maximum atomic E-state index is 6.05. The van der Waals surface area contributed by atoms with Gasteiger partial charge in [-0.25, -0.2) is 4.98 Å². The van der Waals surface area contributed by atoms with Crippen LogP contribution in [-0.2, 0) is 0 Å². The molecular formula is C14H10BrN3O2. The molecule has 6 heteroatoms. The van der Waals surface area contributed by atoms with Gasteiger partial charge in [-0.15, -0.1) is 0 Å². The summed E-state index contributed by atoms with van der Waals surface area (Å²) in [6.45, 7) is 0.256. The summed E-state index contributed by atoms with van der Waals surface area (Å²) in [5, 5.41) is 0. The molecule has 100 valence electrons. The Hall–Kier alpha value is -2.21. The van der Waals surface area contributed by atoms with Crippen LogP contribution in [0.25, 0.3) is 16.7 Å². The van der Waals surface area contributed by atoms with Crippen LogP contribution in [0.5, 0.6) is 11.5 Å². The first-order valence-electron chi connectivity index (χ1n) is 6.06. The van der Waals surface area contributed by atoms with Gasteiger partial charge in [0.1, 0.15) is 0 Å². The Bertz CT molecular complexity index is 829. The van der Waals surface area contributed by atoms with Crippen LogP contribution in [0, 0.1) is 0 Å². The summed E-state index contributed by atoms with van der Waals surface area (Å²) in [7, 11) is 0. The van der Waals surface area contributed by atoms with E-state index in [1.165, 1.54) is 0 Å². The molecule has 0 aliphatic carbocycles. The van der Waals surface area contributed by atoms with Crippen LogP contribution in [0.2, 0.25) is 0 Å². The molecule has 2 aromatic carbocycles. The summed E-state index contributed by atoms with van der Waals surface area (Å²) in [5.74, 6) is 1.91. The van der Waals surface area contributed by atoms with Gasteiger partial charge in [-0.05, 0) is 30.3 Å². The van der Waals surface area contributed by atoms with Crippen molar-refractivity contribution in [1.82, 2.24) is 9.55 Å². The Balaban J connectivity index is 1.96. The number of hydrogen-bond donors (Lipinski definition) is 1. The molecule has 0 saturated carbocycles. The van der Waals surface area contributed by atoms with Gasteiger partial charge in [-0.3, -0.25) is 4.57 Å². The van der Waals surface area contributed by atoms with Gasteiger partial charge in [0.2, 0.25) is 12.7 Å². The molecule has 0 amide bonds. The zero-order valence-corrected chi connectivity index (χ0v) is 11.9. The Morgan fingerprint density at radius 2 is 1.95 bits per heavy atom. The highest BCUT2D eigenvalue weighted by molar-refractivity contribution is 9.10. The molecule has 0 saturated heterocycles. The van der Waals surface area contributed by atoms with E-state index in [1.807, 2.05) is 41.0 Å². The predicted octanol–water partition coefficient (Wildman–Crippen LogP) is 3.10. The standard InChI is InChI=1S/C14H10BrN3O2/c15-8-1-3-11-10(5-8)17-14(16)18(11)9-2-4-12-13(6-9)20-7-19-12/h1-6H,7H2,(H2,16,17). The van der Waals surface area contributed by atoms with Gasteiger partial charge in [0.15, 0.2) is 11.5 Å². The number of nitrogens with two attached hydrogens (primary N) is 1. The summed E-state index contributed by atoms with van der Waals surface area (Å²) < 4.78 is 13.6. The van der Waals surface area contributed by atoms with Gasteiger partial charge in [-0.1, -0.05) is 15.9 Å². The topological polar surface area (TPSA) is 62.3 Å². The molecule has 1 aliphatic heterocycles. The van der Waals surface area contributed by atoms with Crippen LogP contribution < -0.4 is 15.2 Å². The van der Waals surface area contributed by atoms with Crippen LogP contribution in [-0.4, -0.2) is 16.3 Å². The lowest BCUT2D eigenvalue weighted by Crippen LogP contribution is -2.00. The summed E-state index contributed by atoms with van der Waals surface area (Å²) >= 11 is 3.44. The molecule has 0 atom stereocenters. The predicted molar refractivity (Wildman–Crippen MR) is 79.3 cm³/mol. The van der Waals surface area contributed by atoms with Crippen LogP contribution in [0.1, 0.15) is 0 Å². The first-order valence-corrected chi connectivity index (χ1v) is 6.85. The molecule has 0 fully saturated rings. The average Bonchev–Trinajstić information content (AvgIpc) is 3.00. The molecule has 2 heterocycles. The number of fused-ring (bicyclic) bond motifs is 2. The van der Waals surface area contributed by atoms with E-state index in [0.717, 1.165) is 32.7 Å². The van der Waals surface area contributed by atoms with Crippen molar-refractivity contribution < 1.29 is 9.47 Å². The van der Waals surface area contributed by atoms with Gasteiger partial charge >= 0.3 is 0 Å². The Kier molecular flexibility index (Phi) is 2.40. The number of anilines is 1. The first kappa shape index (κ1) is 11.6. The van der Waals surface area contributed by atoms with E-state index >= 15 is 0 Å². The number of nitrogen functional groups attached to an aromatic ring is 1. The van der Waals surface area contributed by atoms with Crippen molar-refractivity contribution >= 4 is 32.9 Å². The van der Waals surface area contributed by atoms with Crippen molar-refractivity contribution in [1.29, 1.82) is 0 Å². The number of nitrogens with zero attached hydrogens (tertiary/aromatic N) is 2. The van der Waals surface area contributed by atoms with E-state index in [1.54, 1.807) is 0 Å². The third-order valence-electron chi connectivity index (χ3n) is 3.26. The fourth-order valence-corrected chi connectivity index (χ4v) is 2.72. The maximum absolute atomic E-state index is 6.05. The molecule has 1 aliphatic rings. The van der Waals surface area contributed by atoms with Crippen LogP contribution in [0.3, 0.4) is 0 Å². The number of halogens is 1. The lowest BCUT2D eigenvalue weighted by atomic mass is 10.2. The van der Waals surface area contributed by atoms with E-state index < -0.39 is 0 Å². The Morgan fingerprint density at radius 1 is 1.10 bits per heavy atom. The summed E-state index contributed by atoms with van der Waals surface area (Å²) in [6.07, 6.45) is 0. The first-order chi connectivity index (χ1) is 9.72. The molecular weight excluding hydrogens is 322 g/mol. The summed E-state index contributed by atoms with van der Waals surface area (Å²) in [6, 6.07) is 11.6. The van der Waals surface area contributed by atoms with E-state index in [0.29, 0.717) is 5.95 Å². The molecule has 0 bridgehead atoms. The number of ether oxygens (including phenoxy) is 2. The summed E-state index contributed by atoms with van der Waals surface area (Å²) in [4.78, 5) is 4.38. The van der Waals surface area contributed by atoms with Gasteiger partial charge in [0.25, 0.3) is 0 Å². The van der Waals surface area contributed by atoms with Gasteiger partial charge in [0, 0.05) is 10.5 Å². The number of aromatic nitrogens is 2. The van der Waals surface area contributed by atoms with Crippen molar-refractivity contribution in [3.8, 4) is 17.2 Å². The van der Waals surface area contributed by atoms with Crippen LogP contribution in [0.15, 0.2) is 40.9 Å². The molecule has 3 aromatic rings. The highest BCUT2D eigenvalue weighted by atomic mass is 79.9. The van der Waals surface area contributed by atoms with E-state index in [-0.39, 0.29) is 6.79 Å². The lowest BCUT2D eigenvalue weighted by molar-refractivity contribution is 0.174. The fourth-order valence-electron chi connectivity index (χ4n) is 2.37. The maximum Gasteiger partial charge on any atom is 0.231 e. The minimum Gasteiger partial charge on any atom is -0.454 e. The molecule has 0 unspecified atom stereocenters. The second kappa shape index (κ2) is 4.14. The summed E-state index contributed by atoms with van der Waals surface area (Å²) in [5.41, 5.74) is 8.74. The van der Waals surface area contributed by atoms with Gasteiger partial charge < -0.3 is 15.2 Å². The molecule has 0 radical (unpaired) electrons. The zero-order valence-electron chi connectivity index (χ0n) is 10.3.